The number of nitrogens with zero attached hydrogens (tertiary/aromatic N) is 1. The highest BCUT2D eigenvalue weighted by atomic mass is 35.5. The number of carbonyl (C=O) groups is 2. The van der Waals surface area contributed by atoms with Crippen molar-refractivity contribution in [3.8, 4) is 0 Å². The SMILES string of the molecule is COC(=O)Nc1ccc(CNC(=O)c2cc3ccccc3c(Cl)n2)cc1. The van der Waals surface area contributed by atoms with Crippen LogP contribution in [0.25, 0.3) is 10.8 Å². The first-order valence-electron chi connectivity index (χ1n) is 7.84. The largest absolute Gasteiger partial charge is 0.453 e. The van der Waals surface area contributed by atoms with Gasteiger partial charge in [0.25, 0.3) is 5.91 Å². The second kappa shape index (κ2) is 7.84. The topological polar surface area (TPSA) is 80.3 Å². The zero-order valence-corrected chi connectivity index (χ0v) is 14.7. The third kappa shape index (κ3) is 4.10. The van der Waals surface area contributed by atoms with Crippen molar-refractivity contribution in [1.29, 1.82) is 0 Å². The molecule has 26 heavy (non-hydrogen) atoms. The van der Waals surface area contributed by atoms with E-state index in [0.717, 1.165) is 16.3 Å². The summed E-state index contributed by atoms with van der Waals surface area (Å²) >= 11 is 6.16. The molecule has 1 aromatic heterocycles. The lowest BCUT2D eigenvalue weighted by atomic mass is 10.1. The molecule has 2 aromatic carbocycles. The number of aromatic nitrogens is 1. The normalized spacial score (nSPS) is 10.4. The highest BCUT2D eigenvalue weighted by Gasteiger charge is 2.11. The molecular weight excluding hydrogens is 354 g/mol. The Morgan fingerprint density at radius 3 is 2.58 bits per heavy atom. The van der Waals surface area contributed by atoms with E-state index in [0.29, 0.717) is 17.4 Å². The molecule has 2 N–H and O–H groups in total. The van der Waals surface area contributed by atoms with E-state index in [-0.39, 0.29) is 11.6 Å². The van der Waals surface area contributed by atoms with Crippen LogP contribution in [0.3, 0.4) is 0 Å². The average molecular weight is 370 g/mol. The summed E-state index contributed by atoms with van der Waals surface area (Å²) in [5.41, 5.74) is 1.74. The van der Waals surface area contributed by atoms with Gasteiger partial charge in [0, 0.05) is 17.6 Å². The summed E-state index contributed by atoms with van der Waals surface area (Å²) in [6.45, 7) is 0.323. The molecule has 0 saturated carbocycles. The molecule has 0 aliphatic carbocycles. The molecule has 0 aliphatic rings. The quantitative estimate of drug-likeness (QED) is 0.681. The van der Waals surface area contributed by atoms with Crippen molar-refractivity contribution in [3.05, 3.63) is 71.0 Å². The number of benzene rings is 2. The van der Waals surface area contributed by atoms with Gasteiger partial charge in [0.05, 0.1) is 7.11 Å². The van der Waals surface area contributed by atoms with Crippen LogP contribution in [0.15, 0.2) is 54.6 Å². The van der Waals surface area contributed by atoms with Crippen LogP contribution < -0.4 is 10.6 Å². The van der Waals surface area contributed by atoms with Crippen molar-refractivity contribution in [3.63, 3.8) is 0 Å². The van der Waals surface area contributed by atoms with E-state index < -0.39 is 6.09 Å². The highest BCUT2D eigenvalue weighted by molar-refractivity contribution is 6.34. The van der Waals surface area contributed by atoms with Gasteiger partial charge < -0.3 is 10.1 Å². The summed E-state index contributed by atoms with van der Waals surface area (Å²) in [5, 5.41) is 7.33. The molecule has 0 bridgehead atoms. The van der Waals surface area contributed by atoms with E-state index in [1.165, 1.54) is 7.11 Å². The van der Waals surface area contributed by atoms with Gasteiger partial charge in [-0.3, -0.25) is 10.1 Å². The van der Waals surface area contributed by atoms with Gasteiger partial charge in [0.2, 0.25) is 0 Å². The minimum Gasteiger partial charge on any atom is -0.453 e. The van der Waals surface area contributed by atoms with Crippen molar-refractivity contribution in [1.82, 2.24) is 10.3 Å². The number of nitrogens with one attached hydrogen (secondary N) is 2. The van der Waals surface area contributed by atoms with Crippen molar-refractivity contribution in [2.45, 2.75) is 6.54 Å². The van der Waals surface area contributed by atoms with E-state index in [2.05, 4.69) is 20.4 Å². The Kier molecular flexibility index (Phi) is 5.34. The van der Waals surface area contributed by atoms with E-state index in [4.69, 9.17) is 11.6 Å². The predicted octanol–water partition coefficient (Wildman–Crippen LogP) is 4.00. The average Bonchev–Trinajstić information content (AvgIpc) is 2.67. The van der Waals surface area contributed by atoms with E-state index in [1.807, 2.05) is 24.3 Å². The molecule has 7 heteroatoms. The Labute approximate surface area is 155 Å². The smallest absolute Gasteiger partial charge is 0.411 e. The van der Waals surface area contributed by atoms with Crippen molar-refractivity contribution >= 4 is 40.1 Å². The first-order chi connectivity index (χ1) is 12.6. The maximum Gasteiger partial charge on any atom is 0.411 e. The van der Waals surface area contributed by atoms with Crippen molar-refractivity contribution in [2.24, 2.45) is 0 Å². The lowest BCUT2D eigenvalue weighted by Crippen LogP contribution is -2.23. The minimum atomic E-state index is -0.537. The molecule has 0 atom stereocenters. The number of hydrogen-bond donors (Lipinski definition) is 2. The number of carbonyl (C=O) groups excluding carboxylic acids is 2. The fourth-order valence-electron chi connectivity index (χ4n) is 2.42. The molecule has 3 rings (SSSR count). The second-order valence-electron chi connectivity index (χ2n) is 5.52. The van der Waals surface area contributed by atoms with E-state index >= 15 is 0 Å². The second-order valence-corrected chi connectivity index (χ2v) is 5.87. The monoisotopic (exact) mass is 369 g/mol. The molecule has 0 aliphatic heterocycles. The molecule has 0 fully saturated rings. The molecule has 0 radical (unpaired) electrons. The van der Waals surface area contributed by atoms with Crippen LogP contribution in [0.1, 0.15) is 16.1 Å². The maximum absolute atomic E-state index is 12.4. The maximum atomic E-state index is 12.4. The Hall–Kier alpha value is -3.12. The van der Waals surface area contributed by atoms with Gasteiger partial charge in [-0.1, -0.05) is 48.0 Å². The third-order valence-electron chi connectivity index (χ3n) is 3.77. The van der Waals surface area contributed by atoms with Crippen LogP contribution in [-0.4, -0.2) is 24.1 Å². The molecule has 0 spiro atoms. The standard InChI is InChI=1S/C19H16ClN3O3/c1-26-19(25)22-14-8-6-12(7-9-14)11-21-18(24)16-10-13-4-2-3-5-15(13)17(20)23-16/h2-10H,11H2,1H3,(H,21,24)(H,22,25). The summed E-state index contributed by atoms with van der Waals surface area (Å²) < 4.78 is 4.53. The Balaban J connectivity index is 1.66. The summed E-state index contributed by atoms with van der Waals surface area (Å²) in [6, 6.07) is 16.2. The first kappa shape index (κ1) is 17.7. The Morgan fingerprint density at radius 1 is 1.12 bits per heavy atom. The van der Waals surface area contributed by atoms with Gasteiger partial charge >= 0.3 is 6.09 Å². The Bertz CT molecular complexity index is 958. The molecule has 6 nitrogen and oxygen atoms in total. The molecular formula is C19H16ClN3O3. The number of fused-ring (bicyclic) bond motifs is 1. The van der Waals surface area contributed by atoms with Crippen LogP contribution in [0, 0.1) is 0 Å². The zero-order valence-electron chi connectivity index (χ0n) is 14.0. The lowest BCUT2D eigenvalue weighted by molar-refractivity contribution is 0.0946. The molecule has 2 amide bonds. The Morgan fingerprint density at radius 2 is 1.85 bits per heavy atom. The number of anilines is 1. The van der Waals surface area contributed by atoms with Gasteiger partial charge in [0.1, 0.15) is 10.8 Å². The number of amides is 2. The van der Waals surface area contributed by atoms with Crippen LogP contribution in [0.4, 0.5) is 10.5 Å². The predicted molar refractivity (Wildman–Crippen MR) is 100 cm³/mol. The van der Waals surface area contributed by atoms with Gasteiger partial charge in [0.15, 0.2) is 0 Å². The number of halogens is 1. The molecule has 132 valence electrons. The van der Waals surface area contributed by atoms with Crippen molar-refractivity contribution < 1.29 is 14.3 Å². The van der Waals surface area contributed by atoms with Crippen LogP contribution in [0.2, 0.25) is 5.15 Å². The summed E-state index contributed by atoms with van der Waals surface area (Å²) in [5.74, 6) is -0.311. The van der Waals surface area contributed by atoms with E-state index in [9.17, 15) is 9.59 Å². The zero-order chi connectivity index (χ0) is 18.5. The number of ether oxygens (including phenoxy) is 1. The fraction of sp³-hybridized carbons (Fsp3) is 0.105. The molecule has 3 aromatic rings. The first-order valence-corrected chi connectivity index (χ1v) is 8.22. The minimum absolute atomic E-state index is 0.262. The van der Waals surface area contributed by atoms with Gasteiger partial charge in [-0.2, -0.15) is 0 Å². The van der Waals surface area contributed by atoms with Crippen LogP contribution >= 0.6 is 11.6 Å². The number of methoxy groups -OCH3 is 1. The third-order valence-corrected chi connectivity index (χ3v) is 4.05. The fourth-order valence-corrected chi connectivity index (χ4v) is 2.68. The highest BCUT2D eigenvalue weighted by Crippen LogP contribution is 2.22. The summed E-state index contributed by atoms with van der Waals surface area (Å²) in [7, 11) is 1.30. The number of rotatable bonds is 4. The van der Waals surface area contributed by atoms with Crippen molar-refractivity contribution in [2.75, 3.05) is 12.4 Å². The van der Waals surface area contributed by atoms with Crippen LogP contribution in [0.5, 0.6) is 0 Å². The molecule has 0 unspecified atom stereocenters. The van der Waals surface area contributed by atoms with E-state index in [1.54, 1.807) is 30.3 Å². The van der Waals surface area contributed by atoms with Gasteiger partial charge in [-0.15, -0.1) is 0 Å². The summed E-state index contributed by atoms with van der Waals surface area (Å²) in [6.07, 6.45) is -0.537. The summed E-state index contributed by atoms with van der Waals surface area (Å²) in [4.78, 5) is 27.7. The van der Waals surface area contributed by atoms with Crippen LogP contribution in [-0.2, 0) is 11.3 Å². The molecule has 1 heterocycles. The molecule has 0 saturated heterocycles. The van der Waals surface area contributed by atoms with Gasteiger partial charge in [-0.25, -0.2) is 9.78 Å². The van der Waals surface area contributed by atoms with Gasteiger partial charge in [-0.05, 0) is 29.1 Å². The number of pyridine rings is 1. The lowest BCUT2D eigenvalue weighted by Gasteiger charge is -2.08. The number of hydrogen-bond acceptors (Lipinski definition) is 4.